The van der Waals surface area contributed by atoms with Crippen LogP contribution in [0.25, 0.3) is 33.3 Å². The molecule has 2 fully saturated rings. The highest BCUT2D eigenvalue weighted by molar-refractivity contribution is 5.96. The van der Waals surface area contributed by atoms with Crippen molar-refractivity contribution >= 4 is 41.0 Å². The van der Waals surface area contributed by atoms with Crippen molar-refractivity contribution in [3.05, 3.63) is 90.3 Å². The van der Waals surface area contributed by atoms with Crippen molar-refractivity contribution in [2.45, 2.75) is 125 Å². The zero-order valence-corrected chi connectivity index (χ0v) is 42.3. The first-order valence-electron chi connectivity index (χ1n) is 24.2. The van der Waals surface area contributed by atoms with Crippen LogP contribution in [0.2, 0.25) is 0 Å². The number of nitrogens with zero attached hydrogens (tertiary/aromatic N) is 5. The predicted octanol–water partition coefficient (Wildman–Crippen LogP) is 7.93. The van der Waals surface area contributed by atoms with Crippen LogP contribution in [0, 0.1) is 17.3 Å². The van der Waals surface area contributed by atoms with Gasteiger partial charge in [-0.15, -0.1) is 6.58 Å². The molecule has 0 bridgehead atoms. The molecule has 368 valence electrons. The fourth-order valence-corrected chi connectivity index (χ4v) is 9.70. The molecule has 0 saturated carbocycles. The molecule has 2 aromatic carbocycles. The quantitative estimate of drug-likeness (QED) is 0.0575. The summed E-state index contributed by atoms with van der Waals surface area (Å²) in [6, 6.07) is 16.6. The normalized spacial score (nSPS) is 17.5. The van der Waals surface area contributed by atoms with Crippen molar-refractivity contribution in [1.29, 1.82) is 0 Å². The molecular formula is C54H75N7O7. The molecule has 2 N–H and O–H groups in total. The summed E-state index contributed by atoms with van der Waals surface area (Å²) in [5.74, 6) is -1.82. The summed E-state index contributed by atoms with van der Waals surface area (Å²) in [6.45, 7) is 23.3. The van der Waals surface area contributed by atoms with Gasteiger partial charge in [-0.25, -0.2) is 5.43 Å². The monoisotopic (exact) mass is 934 g/mol. The first kappa shape index (κ1) is 53.1. The summed E-state index contributed by atoms with van der Waals surface area (Å²) in [7, 11) is 3.33. The standard InChI is InChI=1S/C51H69N7O7.C3H6/c1-11-57-44-20-19-38(28-41(44)42(29-51(7,8)30-65-35(6)60)47(57)40-18-15-22-52-45(40)34(5)64-10)37-17-14-16-36(26-37)27-43(50(63)58-24-13-12-23-53-58)54-48(61)46(32(2)3)55(9)49(62)39-21-25-56(31-59)33(39)4;1-3-2/h14-20,22,26,28,31-34,39,43,46,53H,11-13,21,23-25,27,29-30H2,1-10H3,(H,54,61);3H,1H2,2H3. The Balaban J connectivity index is 0.00000280. The van der Waals surface area contributed by atoms with Gasteiger partial charge in [0.25, 0.3) is 5.91 Å². The van der Waals surface area contributed by atoms with Gasteiger partial charge in [-0.3, -0.25) is 34.0 Å². The van der Waals surface area contributed by atoms with Gasteiger partial charge in [0.2, 0.25) is 18.2 Å². The van der Waals surface area contributed by atoms with E-state index in [9.17, 15) is 24.0 Å². The maximum absolute atomic E-state index is 14.4. The molecule has 0 radical (unpaired) electrons. The van der Waals surface area contributed by atoms with Crippen LogP contribution in [0.3, 0.4) is 0 Å². The van der Waals surface area contributed by atoms with E-state index in [4.69, 9.17) is 14.5 Å². The van der Waals surface area contributed by atoms with Gasteiger partial charge >= 0.3 is 5.97 Å². The Morgan fingerprint density at radius 3 is 2.38 bits per heavy atom. The molecule has 4 heterocycles. The van der Waals surface area contributed by atoms with Gasteiger partial charge in [0.1, 0.15) is 12.1 Å². The van der Waals surface area contributed by atoms with Crippen LogP contribution in [0.1, 0.15) is 105 Å². The highest BCUT2D eigenvalue weighted by Crippen LogP contribution is 2.42. The predicted molar refractivity (Wildman–Crippen MR) is 268 cm³/mol. The van der Waals surface area contributed by atoms with Crippen LogP contribution >= 0.6 is 0 Å². The molecule has 2 saturated heterocycles. The van der Waals surface area contributed by atoms with Crippen molar-refractivity contribution in [1.82, 2.24) is 35.1 Å². The van der Waals surface area contributed by atoms with E-state index in [1.165, 1.54) is 11.8 Å². The minimum atomic E-state index is -0.915. The Morgan fingerprint density at radius 2 is 1.76 bits per heavy atom. The topological polar surface area (TPSA) is 155 Å². The zero-order valence-electron chi connectivity index (χ0n) is 42.3. The number of benzene rings is 2. The average molecular weight is 934 g/mol. The number of methoxy groups -OCH3 is 1. The Labute approximate surface area is 403 Å². The van der Waals surface area contributed by atoms with E-state index in [0.717, 1.165) is 69.4 Å². The van der Waals surface area contributed by atoms with Crippen LogP contribution < -0.4 is 10.7 Å². The first-order valence-corrected chi connectivity index (χ1v) is 24.2. The summed E-state index contributed by atoms with van der Waals surface area (Å²) < 4.78 is 13.7. The summed E-state index contributed by atoms with van der Waals surface area (Å²) in [4.78, 5) is 74.1. The number of likely N-dealkylation sites (N-methyl/N-ethyl adjacent to an activating group) is 1. The third-order valence-corrected chi connectivity index (χ3v) is 13.3. The number of ether oxygens (including phenoxy) is 2. The van der Waals surface area contributed by atoms with Crippen molar-refractivity contribution in [2.75, 3.05) is 40.4 Å². The summed E-state index contributed by atoms with van der Waals surface area (Å²) in [5.41, 5.74) is 10.7. The van der Waals surface area contributed by atoms with Crippen LogP contribution in [-0.4, -0.2) is 113 Å². The molecule has 0 spiro atoms. The van der Waals surface area contributed by atoms with Crippen molar-refractivity contribution in [3.8, 4) is 22.4 Å². The summed E-state index contributed by atoms with van der Waals surface area (Å²) >= 11 is 0. The number of carbonyl (C=O) groups excluding carboxylic acids is 5. The lowest BCUT2D eigenvalue weighted by Crippen LogP contribution is -2.60. The lowest BCUT2D eigenvalue weighted by Gasteiger charge is -2.35. The molecule has 2 aliphatic rings. The smallest absolute Gasteiger partial charge is 0.302 e. The number of fused-ring (bicyclic) bond motifs is 1. The van der Waals surface area contributed by atoms with Crippen LogP contribution in [0.5, 0.6) is 0 Å². The molecule has 2 aromatic heterocycles. The molecule has 5 atom stereocenters. The first-order chi connectivity index (χ1) is 32.4. The second-order valence-corrected chi connectivity index (χ2v) is 19.3. The lowest BCUT2D eigenvalue weighted by molar-refractivity contribution is -0.146. The molecule has 4 amide bonds. The van der Waals surface area contributed by atoms with Gasteiger partial charge in [-0.2, -0.15) is 0 Å². The van der Waals surface area contributed by atoms with Crippen molar-refractivity contribution in [2.24, 2.45) is 17.3 Å². The molecule has 14 nitrogen and oxygen atoms in total. The molecule has 68 heavy (non-hydrogen) atoms. The fourth-order valence-electron chi connectivity index (χ4n) is 9.70. The van der Waals surface area contributed by atoms with Gasteiger partial charge in [0.05, 0.1) is 30.0 Å². The second kappa shape index (κ2) is 23.9. The molecule has 0 aliphatic carbocycles. The number of pyridine rings is 1. The minimum Gasteiger partial charge on any atom is -0.465 e. The highest BCUT2D eigenvalue weighted by atomic mass is 16.5. The second-order valence-electron chi connectivity index (χ2n) is 19.3. The number of aromatic nitrogens is 2. The van der Waals surface area contributed by atoms with Crippen molar-refractivity contribution in [3.63, 3.8) is 0 Å². The average Bonchev–Trinajstić information content (AvgIpc) is 3.85. The Hall–Kier alpha value is -5.86. The molecule has 14 heteroatoms. The fraction of sp³-hybridized carbons (Fsp3) is 0.519. The maximum Gasteiger partial charge on any atom is 0.302 e. The van der Waals surface area contributed by atoms with Crippen molar-refractivity contribution < 1.29 is 33.4 Å². The molecule has 6 rings (SSSR count). The number of nitrogens with one attached hydrogen (secondary N) is 2. The van der Waals surface area contributed by atoms with E-state index in [-0.39, 0.29) is 48.9 Å². The van der Waals surface area contributed by atoms with E-state index in [1.54, 1.807) is 36.3 Å². The Bertz CT molecular complexity index is 2400. The number of hydrogen-bond donors (Lipinski definition) is 2. The number of aryl methyl sites for hydroxylation is 1. The van der Waals surface area contributed by atoms with E-state index in [1.807, 2.05) is 52.8 Å². The number of allylic oxidation sites excluding steroid dienone is 1. The van der Waals surface area contributed by atoms with Crippen LogP contribution in [-0.2, 0) is 52.8 Å². The van der Waals surface area contributed by atoms with Gasteiger partial charge in [0, 0.05) is 87.8 Å². The zero-order chi connectivity index (χ0) is 49.9. The Morgan fingerprint density at radius 1 is 1.04 bits per heavy atom. The van der Waals surface area contributed by atoms with E-state index in [2.05, 4.69) is 79.1 Å². The van der Waals surface area contributed by atoms with Gasteiger partial charge in [0.15, 0.2) is 0 Å². The van der Waals surface area contributed by atoms with E-state index >= 15 is 0 Å². The van der Waals surface area contributed by atoms with Gasteiger partial charge in [-0.05, 0) is 106 Å². The summed E-state index contributed by atoms with van der Waals surface area (Å²) in [6.07, 6.45) is 7.22. The largest absolute Gasteiger partial charge is 0.465 e. The van der Waals surface area contributed by atoms with E-state index in [0.29, 0.717) is 39.0 Å². The molecule has 5 unspecified atom stereocenters. The number of likely N-dealkylation sites (tertiary alicyclic amines) is 1. The number of rotatable bonds is 18. The van der Waals surface area contributed by atoms with Crippen LogP contribution in [0.15, 0.2) is 73.4 Å². The molecule has 4 aromatic rings. The van der Waals surface area contributed by atoms with Gasteiger partial charge < -0.3 is 29.2 Å². The number of hydrazine groups is 1. The molecule has 2 aliphatic heterocycles. The van der Waals surface area contributed by atoms with Crippen LogP contribution in [0.4, 0.5) is 0 Å². The van der Waals surface area contributed by atoms with Gasteiger partial charge in [-0.1, -0.05) is 64.1 Å². The highest BCUT2D eigenvalue weighted by Gasteiger charge is 2.41. The van der Waals surface area contributed by atoms with E-state index < -0.39 is 29.3 Å². The SMILES string of the molecule is C=CC.CCn1c(-c2cccnc2C(C)OC)c(CC(C)(C)COC(C)=O)c2cc(-c3cccc(CC(NC(=O)C(C(C)C)N(C)C(=O)C4CCN(C=O)C4C)C(=O)N4CCCCN4)c3)ccc21. The summed E-state index contributed by atoms with van der Waals surface area (Å²) in [5, 5.41) is 5.78. The number of carbonyl (C=O) groups is 5. The molecular weight excluding hydrogens is 859 g/mol. The number of amides is 4. The maximum atomic E-state index is 14.4. The lowest BCUT2D eigenvalue weighted by atomic mass is 9.84. The third-order valence-electron chi connectivity index (χ3n) is 13.3. The number of hydrogen-bond acceptors (Lipinski definition) is 9. The minimum absolute atomic E-state index is 0.191. The third kappa shape index (κ3) is 12.4. The number of esters is 1. The Kier molecular flexibility index (Phi) is 18.7.